The molecule has 0 spiro atoms. The van der Waals surface area contributed by atoms with E-state index in [1.807, 2.05) is 0 Å². The number of piperidine rings is 1. The summed E-state index contributed by atoms with van der Waals surface area (Å²) < 4.78 is 29.8. The first kappa shape index (κ1) is 15.7. The van der Waals surface area contributed by atoms with Gasteiger partial charge in [-0.3, -0.25) is 10.1 Å². The van der Waals surface area contributed by atoms with E-state index in [0.29, 0.717) is 19.6 Å². The van der Waals surface area contributed by atoms with Crippen LogP contribution in [0, 0.1) is 0 Å². The first-order valence-electron chi connectivity index (χ1n) is 6.74. The molecule has 21 heavy (non-hydrogen) atoms. The summed E-state index contributed by atoms with van der Waals surface area (Å²) in [5, 5.41) is 8.83. The SMILES string of the molecule is CCOc1n[nH]c(NC(=O)C2CCCCN2S(C)(=O)=O)n1. The second kappa shape index (κ2) is 6.39. The van der Waals surface area contributed by atoms with Gasteiger partial charge < -0.3 is 4.74 Å². The monoisotopic (exact) mass is 317 g/mol. The maximum atomic E-state index is 12.2. The standard InChI is InChI=1S/C11H19N5O4S/c1-3-20-11-13-10(14-15-11)12-9(17)8-6-4-5-7-16(8)21(2,18)19/h8H,3-7H2,1-2H3,(H2,12,13,14,15,17). The molecule has 1 aliphatic heterocycles. The number of rotatable bonds is 5. The van der Waals surface area contributed by atoms with E-state index in [9.17, 15) is 13.2 Å². The van der Waals surface area contributed by atoms with Crippen LogP contribution in [0.15, 0.2) is 0 Å². The van der Waals surface area contributed by atoms with Crippen molar-refractivity contribution in [2.45, 2.75) is 32.2 Å². The fraction of sp³-hybridized carbons (Fsp3) is 0.727. The van der Waals surface area contributed by atoms with Gasteiger partial charge in [-0.15, -0.1) is 5.10 Å². The zero-order valence-electron chi connectivity index (χ0n) is 12.0. The topological polar surface area (TPSA) is 117 Å². The van der Waals surface area contributed by atoms with Crippen LogP contribution in [0.5, 0.6) is 6.01 Å². The molecule has 1 unspecified atom stereocenters. The van der Waals surface area contributed by atoms with E-state index in [1.165, 1.54) is 4.31 Å². The summed E-state index contributed by atoms with van der Waals surface area (Å²) in [5.74, 6) is -0.276. The Labute approximate surface area is 123 Å². The lowest BCUT2D eigenvalue weighted by Gasteiger charge is -2.32. The second-order valence-corrected chi connectivity index (χ2v) is 6.71. The lowest BCUT2D eigenvalue weighted by molar-refractivity contribution is -0.120. The van der Waals surface area contributed by atoms with Gasteiger partial charge in [0.05, 0.1) is 12.9 Å². The molecule has 0 aromatic carbocycles. The molecule has 9 nitrogen and oxygen atoms in total. The summed E-state index contributed by atoms with van der Waals surface area (Å²) in [7, 11) is -3.41. The van der Waals surface area contributed by atoms with E-state index in [1.54, 1.807) is 6.92 Å². The highest BCUT2D eigenvalue weighted by Crippen LogP contribution is 2.21. The number of hydrogen-bond acceptors (Lipinski definition) is 6. The van der Waals surface area contributed by atoms with Gasteiger partial charge in [0.15, 0.2) is 0 Å². The summed E-state index contributed by atoms with van der Waals surface area (Å²) in [5.41, 5.74) is 0. The van der Waals surface area contributed by atoms with Crippen molar-refractivity contribution in [2.24, 2.45) is 0 Å². The molecule has 1 amide bonds. The number of aromatic nitrogens is 3. The van der Waals surface area contributed by atoms with Crippen LogP contribution in [0.1, 0.15) is 26.2 Å². The van der Waals surface area contributed by atoms with E-state index < -0.39 is 22.0 Å². The van der Waals surface area contributed by atoms with Crippen molar-refractivity contribution in [1.82, 2.24) is 19.5 Å². The van der Waals surface area contributed by atoms with Crippen molar-refractivity contribution in [3.63, 3.8) is 0 Å². The number of aromatic amines is 1. The number of H-pyrrole nitrogens is 1. The Morgan fingerprint density at radius 1 is 1.52 bits per heavy atom. The number of carbonyl (C=O) groups excluding carboxylic acids is 1. The van der Waals surface area contributed by atoms with Crippen LogP contribution >= 0.6 is 0 Å². The van der Waals surface area contributed by atoms with Crippen molar-refractivity contribution < 1.29 is 17.9 Å². The van der Waals surface area contributed by atoms with Crippen LogP contribution in [0.2, 0.25) is 0 Å². The third-order valence-electron chi connectivity index (χ3n) is 3.16. The van der Waals surface area contributed by atoms with Crippen LogP contribution in [0.25, 0.3) is 0 Å². The number of nitrogens with one attached hydrogen (secondary N) is 2. The van der Waals surface area contributed by atoms with Gasteiger partial charge in [-0.25, -0.2) is 13.5 Å². The summed E-state index contributed by atoms with van der Waals surface area (Å²) in [4.78, 5) is 16.2. The number of ether oxygens (including phenoxy) is 1. The van der Waals surface area contributed by atoms with Crippen LogP contribution in [-0.2, 0) is 14.8 Å². The van der Waals surface area contributed by atoms with Gasteiger partial charge in [0.25, 0.3) is 0 Å². The predicted octanol–water partition coefficient (Wildman–Crippen LogP) is -0.0440. The summed E-state index contributed by atoms with van der Waals surface area (Å²) >= 11 is 0. The summed E-state index contributed by atoms with van der Waals surface area (Å²) in [6.45, 7) is 2.56. The second-order valence-electron chi connectivity index (χ2n) is 4.77. The summed E-state index contributed by atoms with van der Waals surface area (Å²) in [6.07, 6.45) is 3.17. The molecule has 2 heterocycles. The van der Waals surface area contributed by atoms with Gasteiger partial charge in [0, 0.05) is 6.54 Å². The molecule has 2 rings (SSSR count). The lowest BCUT2D eigenvalue weighted by atomic mass is 10.0. The molecular formula is C11H19N5O4S. The molecule has 1 aliphatic rings. The maximum Gasteiger partial charge on any atom is 0.337 e. The first-order valence-corrected chi connectivity index (χ1v) is 8.59. The molecule has 0 radical (unpaired) electrons. The molecule has 1 atom stereocenters. The molecule has 1 aromatic heterocycles. The maximum absolute atomic E-state index is 12.2. The van der Waals surface area contributed by atoms with Gasteiger partial charge in [-0.2, -0.15) is 9.29 Å². The molecule has 0 bridgehead atoms. The van der Waals surface area contributed by atoms with Gasteiger partial charge in [-0.1, -0.05) is 6.42 Å². The average Bonchev–Trinajstić information content (AvgIpc) is 2.85. The average molecular weight is 317 g/mol. The molecule has 1 saturated heterocycles. The molecule has 1 aromatic rings. The zero-order valence-corrected chi connectivity index (χ0v) is 12.8. The van der Waals surface area contributed by atoms with E-state index >= 15 is 0 Å². The molecule has 10 heteroatoms. The fourth-order valence-corrected chi connectivity index (χ4v) is 3.38. The molecular weight excluding hydrogens is 298 g/mol. The summed E-state index contributed by atoms with van der Waals surface area (Å²) in [6, 6.07) is -0.578. The highest BCUT2D eigenvalue weighted by Gasteiger charge is 2.34. The van der Waals surface area contributed by atoms with E-state index in [-0.39, 0.29) is 12.0 Å². The van der Waals surface area contributed by atoms with Gasteiger partial charge in [0.2, 0.25) is 21.9 Å². The van der Waals surface area contributed by atoms with E-state index in [0.717, 1.165) is 19.1 Å². The highest BCUT2D eigenvalue weighted by molar-refractivity contribution is 7.88. The third-order valence-corrected chi connectivity index (χ3v) is 4.45. The molecule has 2 N–H and O–H groups in total. The Balaban J connectivity index is 2.06. The predicted molar refractivity (Wildman–Crippen MR) is 75.4 cm³/mol. The Morgan fingerprint density at radius 3 is 2.95 bits per heavy atom. The quantitative estimate of drug-likeness (QED) is 0.786. The van der Waals surface area contributed by atoms with Crippen molar-refractivity contribution >= 4 is 21.9 Å². The molecule has 0 aliphatic carbocycles. The van der Waals surface area contributed by atoms with E-state index in [2.05, 4.69) is 20.5 Å². The Bertz CT molecular complexity index is 600. The van der Waals surface area contributed by atoms with Gasteiger partial charge in [0.1, 0.15) is 6.04 Å². The lowest BCUT2D eigenvalue weighted by Crippen LogP contribution is -2.49. The minimum absolute atomic E-state index is 0.136. The van der Waals surface area contributed by atoms with Crippen LogP contribution in [0.3, 0.4) is 0 Å². The van der Waals surface area contributed by atoms with Crippen LogP contribution in [-0.4, -0.2) is 59.3 Å². The van der Waals surface area contributed by atoms with Crippen molar-refractivity contribution in [3.8, 4) is 6.01 Å². The smallest absolute Gasteiger partial charge is 0.337 e. The Kier molecular flexibility index (Phi) is 4.78. The number of hydrogen-bond donors (Lipinski definition) is 2. The number of sulfonamides is 1. The zero-order chi connectivity index (χ0) is 15.5. The molecule has 1 fully saturated rings. The first-order chi connectivity index (χ1) is 9.91. The molecule has 118 valence electrons. The van der Waals surface area contributed by atoms with Crippen LogP contribution in [0.4, 0.5) is 5.95 Å². The number of nitrogens with zero attached hydrogens (tertiary/aromatic N) is 3. The number of amides is 1. The van der Waals surface area contributed by atoms with Gasteiger partial charge in [-0.05, 0) is 19.8 Å². The number of anilines is 1. The van der Waals surface area contributed by atoms with Crippen molar-refractivity contribution in [3.05, 3.63) is 0 Å². The normalized spacial score (nSPS) is 20.2. The van der Waals surface area contributed by atoms with Crippen LogP contribution < -0.4 is 10.1 Å². The number of carbonyl (C=O) groups is 1. The Morgan fingerprint density at radius 2 is 2.29 bits per heavy atom. The van der Waals surface area contributed by atoms with Crippen molar-refractivity contribution in [2.75, 3.05) is 24.7 Å². The van der Waals surface area contributed by atoms with E-state index in [4.69, 9.17) is 4.74 Å². The third kappa shape index (κ3) is 3.91. The highest BCUT2D eigenvalue weighted by atomic mass is 32.2. The minimum Gasteiger partial charge on any atom is -0.463 e. The minimum atomic E-state index is -3.41. The fourth-order valence-electron chi connectivity index (χ4n) is 2.26. The van der Waals surface area contributed by atoms with Crippen molar-refractivity contribution in [1.29, 1.82) is 0 Å². The molecule has 0 saturated carbocycles. The Hall–Kier alpha value is -1.68. The van der Waals surface area contributed by atoms with Gasteiger partial charge >= 0.3 is 6.01 Å². The largest absolute Gasteiger partial charge is 0.463 e.